The maximum atomic E-state index is 11.2. The van der Waals surface area contributed by atoms with Crippen LogP contribution in [0.15, 0.2) is 18.3 Å². The second-order valence-electron chi connectivity index (χ2n) is 4.47. The van der Waals surface area contributed by atoms with Crippen LogP contribution in [0, 0.1) is 6.92 Å². The van der Waals surface area contributed by atoms with E-state index in [1.807, 2.05) is 32.2 Å². The summed E-state index contributed by atoms with van der Waals surface area (Å²) in [5.41, 5.74) is 1.98. The van der Waals surface area contributed by atoms with Crippen molar-refractivity contribution in [1.29, 1.82) is 0 Å². The maximum absolute atomic E-state index is 11.2. The molecule has 5 nitrogen and oxygen atoms in total. The van der Waals surface area contributed by atoms with E-state index in [-0.39, 0.29) is 5.25 Å². The van der Waals surface area contributed by atoms with Gasteiger partial charge in [-0.3, -0.25) is 4.21 Å². The molecule has 0 saturated heterocycles. The van der Waals surface area contributed by atoms with Gasteiger partial charge in [-0.05, 0) is 25.0 Å². The third-order valence-corrected chi connectivity index (χ3v) is 4.25. The Bertz CT molecular complexity index is 566. The predicted octanol–water partition coefficient (Wildman–Crippen LogP) is 1.61. The molecule has 0 aliphatic rings. The molecule has 0 saturated carbocycles. The van der Waals surface area contributed by atoms with Crippen LogP contribution in [0.1, 0.15) is 18.9 Å². The third-order valence-electron chi connectivity index (χ3n) is 2.88. The number of fused-ring (bicyclic) bond motifs is 1. The molecule has 6 heteroatoms. The van der Waals surface area contributed by atoms with Crippen LogP contribution >= 0.6 is 0 Å². The van der Waals surface area contributed by atoms with Crippen molar-refractivity contribution in [3.63, 3.8) is 0 Å². The summed E-state index contributed by atoms with van der Waals surface area (Å²) in [6.07, 6.45) is 4.52. The summed E-state index contributed by atoms with van der Waals surface area (Å²) in [6, 6.07) is 3.95. The van der Waals surface area contributed by atoms with Crippen LogP contribution in [0.3, 0.4) is 0 Å². The normalized spacial score (nSPS) is 14.6. The fourth-order valence-corrected chi connectivity index (χ4v) is 2.06. The Morgan fingerprint density at radius 3 is 3.00 bits per heavy atom. The smallest absolute Gasteiger partial charge is 0.243 e. The Morgan fingerprint density at radius 2 is 2.28 bits per heavy atom. The van der Waals surface area contributed by atoms with Crippen LogP contribution in [0.25, 0.3) is 5.65 Å². The van der Waals surface area contributed by atoms with Crippen LogP contribution in [0.2, 0.25) is 0 Å². The minimum Gasteiger partial charge on any atom is -0.353 e. The molecule has 0 aromatic carbocycles. The molecule has 98 valence electrons. The zero-order valence-corrected chi connectivity index (χ0v) is 11.7. The van der Waals surface area contributed by atoms with Crippen molar-refractivity contribution < 1.29 is 4.21 Å². The van der Waals surface area contributed by atoms with Crippen LogP contribution in [-0.4, -0.2) is 36.9 Å². The highest BCUT2D eigenvalue weighted by Crippen LogP contribution is 2.07. The van der Waals surface area contributed by atoms with Gasteiger partial charge in [0.25, 0.3) is 0 Å². The van der Waals surface area contributed by atoms with Gasteiger partial charge in [-0.1, -0.05) is 13.0 Å². The van der Waals surface area contributed by atoms with Gasteiger partial charge in [0.2, 0.25) is 5.95 Å². The van der Waals surface area contributed by atoms with Crippen molar-refractivity contribution in [2.45, 2.75) is 25.5 Å². The van der Waals surface area contributed by atoms with Gasteiger partial charge >= 0.3 is 0 Å². The zero-order valence-electron chi connectivity index (χ0n) is 10.9. The van der Waals surface area contributed by atoms with Gasteiger partial charge in [-0.15, -0.1) is 5.10 Å². The Morgan fingerprint density at radius 1 is 1.50 bits per heavy atom. The van der Waals surface area contributed by atoms with Crippen molar-refractivity contribution in [2.24, 2.45) is 0 Å². The number of anilines is 1. The number of nitrogens with zero attached hydrogens (tertiary/aromatic N) is 3. The van der Waals surface area contributed by atoms with E-state index in [9.17, 15) is 4.21 Å². The topological polar surface area (TPSA) is 59.3 Å². The van der Waals surface area contributed by atoms with Crippen LogP contribution in [-0.2, 0) is 10.8 Å². The second kappa shape index (κ2) is 5.48. The SMILES string of the molecule is Cc1ccc2nc(NCCC(C)S(C)=O)nn2c1. The predicted molar refractivity (Wildman–Crippen MR) is 74.4 cm³/mol. The monoisotopic (exact) mass is 266 g/mol. The molecule has 2 rings (SSSR count). The van der Waals surface area contributed by atoms with Crippen molar-refractivity contribution in [3.8, 4) is 0 Å². The molecule has 0 aliphatic heterocycles. The van der Waals surface area contributed by atoms with Crippen molar-refractivity contribution in [2.75, 3.05) is 18.1 Å². The van der Waals surface area contributed by atoms with Crippen LogP contribution in [0.4, 0.5) is 5.95 Å². The summed E-state index contributed by atoms with van der Waals surface area (Å²) < 4.78 is 13.0. The molecule has 0 radical (unpaired) electrons. The summed E-state index contributed by atoms with van der Waals surface area (Å²) in [5, 5.41) is 7.69. The number of pyridine rings is 1. The quantitative estimate of drug-likeness (QED) is 0.893. The average molecular weight is 266 g/mol. The summed E-state index contributed by atoms with van der Waals surface area (Å²) >= 11 is 0. The van der Waals surface area contributed by atoms with Gasteiger partial charge in [-0.25, -0.2) is 4.52 Å². The van der Waals surface area contributed by atoms with E-state index in [0.717, 1.165) is 24.2 Å². The lowest BCUT2D eigenvalue weighted by molar-refractivity contribution is 0.672. The summed E-state index contributed by atoms with van der Waals surface area (Å²) in [7, 11) is -0.772. The van der Waals surface area contributed by atoms with Gasteiger partial charge in [0.1, 0.15) is 0 Å². The van der Waals surface area contributed by atoms with E-state index < -0.39 is 10.8 Å². The molecule has 0 aliphatic carbocycles. The Balaban J connectivity index is 1.98. The number of aromatic nitrogens is 3. The lowest BCUT2D eigenvalue weighted by atomic mass is 10.3. The minimum absolute atomic E-state index is 0.191. The fourth-order valence-electron chi connectivity index (χ4n) is 1.61. The molecule has 0 fully saturated rings. The van der Waals surface area contributed by atoms with Gasteiger partial charge in [0, 0.05) is 35.0 Å². The largest absolute Gasteiger partial charge is 0.353 e. The van der Waals surface area contributed by atoms with E-state index >= 15 is 0 Å². The molecule has 2 aromatic rings. The first-order chi connectivity index (χ1) is 8.56. The summed E-state index contributed by atoms with van der Waals surface area (Å²) in [6.45, 7) is 4.74. The number of aryl methyl sites for hydroxylation is 1. The molecule has 18 heavy (non-hydrogen) atoms. The first-order valence-electron chi connectivity index (χ1n) is 5.95. The zero-order chi connectivity index (χ0) is 13.1. The Hall–Kier alpha value is -1.43. The average Bonchev–Trinajstić information content (AvgIpc) is 2.70. The lowest BCUT2D eigenvalue weighted by Crippen LogP contribution is -2.15. The van der Waals surface area contributed by atoms with Crippen LogP contribution in [0.5, 0.6) is 0 Å². The molecule has 2 atom stereocenters. The van der Waals surface area contributed by atoms with E-state index in [1.54, 1.807) is 10.8 Å². The van der Waals surface area contributed by atoms with Crippen LogP contribution < -0.4 is 5.32 Å². The first-order valence-corrected chi connectivity index (χ1v) is 7.57. The summed E-state index contributed by atoms with van der Waals surface area (Å²) in [5.74, 6) is 0.620. The van der Waals surface area contributed by atoms with Gasteiger partial charge < -0.3 is 5.32 Å². The highest BCUT2D eigenvalue weighted by atomic mass is 32.2. The van der Waals surface area contributed by atoms with E-state index in [4.69, 9.17) is 0 Å². The Labute approximate surface area is 109 Å². The maximum Gasteiger partial charge on any atom is 0.243 e. The van der Waals surface area contributed by atoms with Crippen molar-refractivity contribution in [3.05, 3.63) is 23.9 Å². The lowest BCUT2D eigenvalue weighted by Gasteiger charge is -2.07. The van der Waals surface area contributed by atoms with Gasteiger partial charge in [0.05, 0.1) is 0 Å². The third kappa shape index (κ3) is 3.07. The van der Waals surface area contributed by atoms with Crippen molar-refractivity contribution >= 4 is 22.4 Å². The summed E-state index contributed by atoms with van der Waals surface area (Å²) in [4.78, 5) is 4.36. The number of hydrogen-bond donors (Lipinski definition) is 1. The highest BCUT2D eigenvalue weighted by Gasteiger charge is 2.07. The fraction of sp³-hybridized carbons (Fsp3) is 0.500. The molecule has 0 amide bonds. The molecular weight excluding hydrogens is 248 g/mol. The van der Waals surface area contributed by atoms with E-state index in [2.05, 4.69) is 15.4 Å². The molecule has 2 unspecified atom stereocenters. The molecule has 1 N–H and O–H groups in total. The number of rotatable bonds is 5. The van der Waals surface area contributed by atoms with E-state index in [1.165, 1.54) is 0 Å². The minimum atomic E-state index is -0.772. The standard InChI is InChI=1S/C12H18N4OS/c1-9-4-5-11-14-12(15-16(11)8-9)13-7-6-10(2)18(3)17/h4-5,8,10H,6-7H2,1-3H3,(H,13,15). The highest BCUT2D eigenvalue weighted by molar-refractivity contribution is 7.84. The molecule has 2 aromatic heterocycles. The molecule has 2 heterocycles. The molecule has 0 bridgehead atoms. The Kier molecular flexibility index (Phi) is 3.96. The second-order valence-corrected chi connectivity index (χ2v) is 6.27. The molecular formula is C12H18N4OS. The first kappa shape index (κ1) is 13.0. The number of hydrogen-bond acceptors (Lipinski definition) is 4. The van der Waals surface area contributed by atoms with Gasteiger partial charge in [-0.2, -0.15) is 4.98 Å². The number of nitrogens with one attached hydrogen (secondary N) is 1. The van der Waals surface area contributed by atoms with Crippen molar-refractivity contribution in [1.82, 2.24) is 14.6 Å². The van der Waals surface area contributed by atoms with Gasteiger partial charge in [0.15, 0.2) is 5.65 Å². The van der Waals surface area contributed by atoms with E-state index in [0.29, 0.717) is 5.95 Å². The molecule has 0 spiro atoms.